The first-order valence-electron chi connectivity index (χ1n) is 8.15. The predicted octanol–water partition coefficient (Wildman–Crippen LogP) is 2.59. The van der Waals surface area contributed by atoms with Crippen molar-refractivity contribution >= 4 is 23.2 Å². The summed E-state index contributed by atoms with van der Waals surface area (Å²) in [7, 11) is 3.15. The number of para-hydroxylation sites is 2. The maximum atomic E-state index is 12.0. The molecule has 0 radical (unpaired) electrons. The van der Waals surface area contributed by atoms with Crippen molar-refractivity contribution in [2.75, 3.05) is 14.2 Å². The van der Waals surface area contributed by atoms with Gasteiger partial charge in [-0.1, -0.05) is 12.1 Å². The molecule has 1 N–H and O–H groups in total. The lowest BCUT2D eigenvalue weighted by Gasteiger charge is -2.07. The second-order valence-corrected chi connectivity index (χ2v) is 5.58. The number of hydrogen-bond donors (Lipinski definition) is 1. The first-order valence-corrected chi connectivity index (χ1v) is 8.15. The van der Waals surface area contributed by atoms with Gasteiger partial charge in [-0.2, -0.15) is 5.10 Å². The summed E-state index contributed by atoms with van der Waals surface area (Å²) in [6.07, 6.45) is 3.61. The molecule has 7 nitrogen and oxygen atoms in total. The van der Waals surface area contributed by atoms with Crippen molar-refractivity contribution in [3.8, 4) is 11.5 Å². The molecule has 0 atom stereocenters. The summed E-state index contributed by atoms with van der Waals surface area (Å²) in [6.45, 7) is 0.540. The average molecular weight is 352 g/mol. The molecular weight excluding hydrogens is 332 g/mol. The molecule has 0 unspecified atom stereocenters. The smallest absolute Gasteiger partial charge is 0.241 e. The molecule has 0 saturated heterocycles. The van der Waals surface area contributed by atoms with Crippen molar-refractivity contribution < 1.29 is 14.3 Å². The molecule has 134 valence electrons. The van der Waals surface area contributed by atoms with E-state index in [0.717, 1.165) is 16.6 Å². The van der Waals surface area contributed by atoms with Crippen molar-refractivity contribution in [2.45, 2.75) is 13.0 Å². The Kier molecular flexibility index (Phi) is 5.48. The van der Waals surface area contributed by atoms with E-state index in [1.807, 2.05) is 34.9 Å². The second kappa shape index (κ2) is 8.15. The van der Waals surface area contributed by atoms with Crippen LogP contribution in [0.15, 0.2) is 53.9 Å². The van der Waals surface area contributed by atoms with Crippen LogP contribution in [0.5, 0.6) is 11.5 Å². The molecular formula is C19H20N4O3. The molecule has 3 rings (SSSR count). The van der Waals surface area contributed by atoms with Gasteiger partial charge in [-0.05, 0) is 35.9 Å². The average Bonchev–Trinajstić information content (AvgIpc) is 3.09. The number of aryl methyl sites for hydroxylation is 1. The van der Waals surface area contributed by atoms with Gasteiger partial charge in [0.15, 0.2) is 11.5 Å². The first-order chi connectivity index (χ1) is 12.7. The highest BCUT2D eigenvalue weighted by atomic mass is 16.5. The third-order valence-corrected chi connectivity index (χ3v) is 3.92. The Bertz CT molecular complexity index is 933. The SMILES string of the molecule is COc1ccc(/C=N/NC(=O)CCn2cnc3ccccc32)cc1OC. The van der Waals surface area contributed by atoms with Gasteiger partial charge in [-0.3, -0.25) is 4.79 Å². The Morgan fingerprint density at radius 2 is 2.00 bits per heavy atom. The van der Waals surface area contributed by atoms with Crippen LogP contribution < -0.4 is 14.9 Å². The van der Waals surface area contributed by atoms with Crippen LogP contribution in [0.4, 0.5) is 0 Å². The Balaban J connectivity index is 1.54. The lowest BCUT2D eigenvalue weighted by atomic mass is 10.2. The lowest BCUT2D eigenvalue weighted by Crippen LogP contribution is -2.19. The zero-order valence-electron chi connectivity index (χ0n) is 14.7. The molecule has 26 heavy (non-hydrogen) atoms. The number of aromatic nitrogens is 2. The summed E-state index contributed by atoms with van der Waals surface area (Å²) in [5.41, 5.74) is 5.25. The van der Waals surface area contributed by atoms with Crippen LogP contribution >= 0.6 is 0 Å². The molecule has 0 aliphatic carbocycles. The van der Waals surface area contributed by atoms with Gasteiger partial charge in [-0.25, -0.2) is 10.4 Å². The first kappa shape index (κ1) is 17.5. The van der Waals surface area contributed by atoms with Crippen molar-refractivity contribution in [3.05, 3.63) is 54.4 Å². The molecule has 0 spiro atoms. The zero-order chi connectivity index (χ0) is 18.4. The molecule has 7 heteroatoms. The van der Waals surface area contributed by atoms with E-state index in [4.69, 9.17) is 9.47 Å². The summed E-state index contributed by atoms with van der Waals surface area (Å²) in [4.78, 5) is 16.3. The van der Waals surface area contributed by atoms with Gasteiger partial charge in [-0.15, -0.1) is 0 Å². The Morgan fingerprint density at radius 3 is 2.81 bits per heavy atom. The van der Waals surface area contributed by atoms with Gasteiger partial charge in [0.25, 0.3) is 0 Å². The molecule has 0 saturated carbocycles. The molecule has 1 amide bonds. The zero-order valence-corrected chi connectivity index (χ0v) is 14.7. The minimum atomic E-state index is -0.167. The lowest BCUT2D eigenvalue weighted by molar-refractivity contribution is -0.121. The van der Waals surface area contributed by atoms with Crippen LogP contribution in [0, 0.1) is 0 Å². The largest absolute Gasteiger partial charge is 0.493 e. The monoisotopic (exact) mass is 352 g/mol. The number of nitrogens with one attached hydrogen (secondary N) is 1. The van der Waals surface area contributed by atoms with E-state index in [2.05, 4.69) is 15.5 Å². The Hall–Kier alpha value is -3.35. The molecule has 0 aliphatic rings. The highest BCUT2D eigenvalue weighted by Crippen LogP contribution is 2.26. The number of hydrazone groups is 1. The Labute approximate surface area is 151 Å². The number of ether oxygens (including phenoxy) is 2. The van der Waals surface area contributed by atoms with E-state index in [9.17, 15) is 4.79 Å². The third-order valence-electron chi connectivity index (χ3n) is 3.92. The van der Waals surface area contributed by atoms with Gasteiger partial charge < -0.3 is 14.0 Å². The van der Waals surface area contributed by atoms with E-state index in [0.29, 0.717) is 24.5 Å². The summed E-state index contributed by atoms with van der Waals surface area (Å²) in [5.74, 6) is 1.08. The molecule has 0 aliphatic heterocycles. The highest BCUT2D eigenvalue weighted by Gasteiger charge is 2.05. The van der Waals surface area contributed by atoms with Gasteiger partial charge in [0, 0.05) is 13.0 Å². The number of amides is 1. The molecule has 2 aromatic carbocycles. The van der Waals surface area contributed by atoms with Gasteiger partial charge in [0.2, 0.25) is 5.91 Å². The van der Waals surface area contributed by atoms with E-state index >= 15 is 0 Å². The molecule has 0 fully saturated rings. The highest BCUT2D eigenvalue weighted by molar-refractivity contribution is 5.83. The number of carbonyl (C=O) groups excluding carboxylic acids is 1. The fraction of sp³-hybridized carbons (Fsp3) is 0.211. The molecule has 3 aromatic rings. The van der Waals surface area contributed by atoms with E-state index < -0.39 is 0 Å². The number of methoxy groups -OCH3 is 2. The number of carbonyl (C=O) groups is 1. The van der Waals surface area contributed by atoms with Crippen molar-refractivity contribution in [3.63, 3.8) is 0 Å². The van der Waals surface area contributed by atoms with Crippen molar-refractivity contribution in [1.82, 2.24) is 15.0 Å². The second-order valence-electron chi connectivity index (χ2n) is 5.58. The van der Waals surface area contributed by atoms with Crippen LogP contribution in [0.3, 0.4) is 0 Å². The number of rotatable bonds is 7. The quantitative estimate of drug-likeness (QED) is 0.524. The fourth-order valence-corrected chi connectivity index (χ4v) is 2.58. The fourth-order valence-electron chi connectivity index (χ4n) is 2.58. The van der Waals surface area contributed by atoms with Crippen LogP contribution in [-0.4, -0.2) is 35.9 Å². The molecule has 1 heterocycles. The van der Waals surface area contributed by atoms with Crippen LogP contribution in [0.1, 0.15) is 12.0 Å². The van der Waals surface area contributed by atoms with Gasteiger partial charge in [0.1, 0.15) is 0 Å². The standard InChI is InChI=1S/C19H20N4O3/c1-25-17-8-7-14(11-18(17)26-2)12-21-22-19(24)9-10-23-13-20-15-5-3-4-6-16(15)23/h3-8,11-13H,9-10H2,1-2H3,(H,22,24)/b21-12+. The number of hydrogen-bond acceptors (Lipinski definition) is 5. The topological polar surface area (TPSA) is 77.7 Å². The van der Waals surface area contributed by atoms with E-state index in [1.54, 1.807) is 38.9 Å². The number of imidazole rings is 1. The maximum Gasteiger partial charge on any atom is 0.241 e. The van der Waals surface area contributed by atoms with E-state index in [1.165, 1.54) is 0 Å². The van der Waals surface area contributed by atoms with Crippen LogP contribution in [0.25, 0.3) is 11.0 Å². The van der Waals surface area contributed by atoms with Gasteiger partial charge in [0.05, 0.1) is 37.8 Å². The minimum Gasteiger partial charge on any atom is -0.493 e. The summed E-state index contributed by atoms with van der Waals surface area (Å²) in [6, 6.07) is 13.2. The number of benzene rings is 2. The van der Waals surface area contributed by atoms with E-state index in [-0.39, 0.29) is 5.91 Å². The van der Waals surface area contributed by atoms with Gasteiger partial charge >= 0.3 is 0 Å². The van der Waals surface area contributed by atoms with Crippen molar-refractivity contribution in [2.24, 2.45) is 5.10 Å². The maximum absolute atomic E-state index is 12.0. The number of fused-ring (bicyclic) bond motifs is 1. The molecule has 1 aromatic heterocycles. The summed E-state index contributed by atoms with van der Waals surface area (Å²) < 4.78 is 12.4. The summed E-state index contributed by atoms with van der Waals surface area (Å²) >= 11 is 0. The van der Waals surface area contributed by atoms with Crippen molar-refractivity contribution in [1.29, 1.82) is 0 Å². The minimum absolute atomic E-state index is 0.167. The third kappa shape index (κ3) is 4.00. The Morgan fingerprint density at radius 1 is 1.19 bits per heavy atom. The van der Waals surface area contributed by atoms with Crippen LogP contribution in [0.2, 0.25) is 0 Å². The number of nitrogens with zero attached hydrogens (tertiary/aromatic N) is 3. The normalized spacial score (nSPS) is 11.0. The summed E-state index contributed by atoms with van der Waals surface area (Å²) in [5, 5.41) is 3.99. The predicted molar refractivity (Wildman–Crippen MR) is 99.6 cm³/mol. The molecule has 0 bridgehead atoms. The van der Waals surface area contributed by atoms with Crippen LogP contribution in [-0.2, 0) is 11.3 Å².